The van der Waals surface area contributed by atoms with Gasteiger partial charge in [0.15, 0.2) is 16.0 Å². The van der Waals surface area contributed by atoms with E-state index < -0.39 is 56.9 Å². The molecule has 1 aliphatic rings. The number of nitrogens with two attached hydrogens (primary N) is 1. The second-order valence-electron chi connectivity index (χ2n) is 10.4. The Bertz CT molecular complexity index is 1270. The molecule has 3 atom stereocenters. The van der Waals surface area contributed by atoms with Crippen molar-refractivity contribution in [1.82, 2.24) is 10.2 Å². The van der Waals surface area contributed by atoms with E-state index in [0.717, 1.165) is 16.0 Å². The van der Waals surface area contributed by atoms with Gasteiger partial charge in [0.25, 0.3) is 5.91 Å². The van der Waals surface area contributed by atoms with Crippen LogP contribution in [0.1, 0.15) is 46.1 Å². The Kier molecular flexibility index (Phi) is 8.52. The number of carboxylic acid groups (broad SMARTS) is 1. The first-order chi connectivity index (χ1) is 17.7. The fraction of sp³-hybridized carbons (Fsp3) is 0.444. The molecule has 0 aromatic heterocycles. The van der Waals surface area contributed by atoms with Gasteiger partial charge in [0.2, 0.25) is 0 Å². The second kappa shape index (κ2) is 11.1. The van der Waals surface area contributed by atoms with E-state index >= 15 is 0 Å². The van der Waals surface area contributed by atoms with Crippen molar-refractivity contribution in [2.75, 3.05) is 12.3 Å². The molecular formula is C27H35N3O7S. The van der Waals surface area contributed by atoms with Crippen LogP contribution in [0.5, 0.6) is 0 Å². The zero-order valence-electron chi connectivity index (χ0n) is 22.0. The summed E-state index contributed by atoms with van der Waals surface area (Å²) in [7, 11) is -3.92. The maximum atomic E-state index is 13.7. The van der Waals surface area contributed by atoms with Crippen molar-refractivity contribution in [2.45, 2.75) is 63.1 Å². The molecule has 3 rings (SSSR count). The number of hydrogen-bond donors (Lipinski definition) is 3. The van der Waals surface area contributed by atoms with Gasteiger partial charge in [-0.1, -0.05) is 61.5 Å². The summed E-state index contributed by atoms with van der Waals surface area (Å²) < 4.78 is 30.9. The Morgan fingerprint density at radius 3 is 2.21 bits per heavy atom. The van der Waals surface area contributed by atoms with Crippen LogP contribution in [-0.2, 0) is 28.9 Å². The topological polar surface area (TPSA) is 156 Å². The molecule has 10 nitrogen and oxygen atoms in total. The Labute approximate surface area is 223 Å². The summed E-state index contributed by atoms with van der Waals surface area (Å²) in [6.07, 6.45) is -2.61. The first-order valence-electron chi connectivity index (χ1n) is 12.4. The SMILES string of the molecule is CCCS(=O)(=O)[C@@]1(c2ccc(-c3ccccc3)cc2)C[C@@H](C(=O)O)N(C(=O)C(N)NC(=O)OC(C)(C)C)C1. The van der Waals surface area contributed by atoms with Crippen molar-refractivity contribution >= 4 is 27.8 Å². The van der Waals surface area contributed by atoms with Crippen LogP contribution < -0.4 is 11.1 Å². The molecule has 4 N–H and O–H groups in total. The van der Waals surface area contributed by atoms with Gasteiger partial charge in [-0.2, -0.15) is 0 Å². The number of amides is 2. The van der Waals surface area contributed by atoms with Gasteiger partial charge in [0.05, 0.1) is 5.75 Å². The minimum absolute atomic E-state index is 0.190. The van der Waals surface area contributed by atoms with E-state index in [-0.39, 0.29) is 12.2 Å². The van der Waals surface area contributed by atoms with Crippen molar-refractivity contribution in [1.29, 1.82) is 0 Å². The van der Waals surface area contributed by atoms with Crippen molar-refractivity contribution < 1.29 is 32.6 Å². The molecule has 2 amide bonds. The summed E-state index contributed by atoms with van der Waals surface area (Å²) in [5.41, 5.74) is 7.26. The van der Waals surface area contributed by atoms with Crippen molar-refractivity contribution in [3.63, 3.8) is 0 Å². The van der Waals surface area contributed by atoms with Crippen LogP contribution in [0.2, 0.25) is 0 Å². The smallest absolute Gasteiger partial charge is 0.409 e. The maximum Gasteiger partial charge on any atom is 0.409 e. The molecule has 2 aromatic rings. The summed E-state index contributed by atoms with van der Waals surface area (Å²) in [6, 6.07) is 15.0. The van der Waals surface area contributed by atoms with Gasteiger partial charge >= 0.3 is 12.1 Å². The normalized spacial score (nSPS) is 20.6. The molecule has 11 heteroatoms. The number of sulfone groups is 1. The third-order valence-electron chi connectivity index (χ3n) is 6.42. The van der Waals surface area contributed by atoms with Gasteiger partial charge in [0.1, 0.15) is 16.4 Å². The number of aliphatic carboxylic acids is 1. The number of nitrogens with one attached hydrogen (secondary N) is 1. The zero-order valence-corrected chi connectivity index (χ0v) is 22.8. The Morgan fingerprint density at radius 2 is 1.68 bits per heavy atom. The number of alkyl carbamates (subject to hydrolysis) is 1. The Balaban J connectivity index is 2.00. The van der Waals surface area contributed by atoms with Gasteiger partial charge in [-0.05, 0) is 43.9 Å². The highest BCUT2D eigenvalue weighted by molar-refractivity contribution is 7.92. The zero-order chi connectivity index (χ0) is 28.3. The Morgan fingerprint density at radius 1 is 1.11 bits per heavy atom. The molecule has 2 aromatic carbocycles. The maximum absolute atomic E-state index is 13.7. The van der Waals surface area contributed by atoms with E-state index in [1.54, 1.807) is 52.0 Å². The number of rotatable bonds is 8. The van der Waals surface area contributed by atoms with Crippen molar-refractivity contribution in [3.8, 4) is 11.1 Å². The average Bonchev–Trinajstić information content (AvgIpc) is 3.26. The number of carbonyl (C=O) groups excluding carboxylic acids is 2. The first-order valence-corrected chi connectivity index (χ1v) is 14.0. The molecule has 1 aliphatic heterocycles. The average molecular weight is 546 g/mol. The predicted molar refractivity (Wildman–Crippen MR) is 143 cm³/mol. The van der Waals surface area contributed by atoms with Gasteiger partial charge in [0, 0.05) is 13.0 Å². The summed E-state index contributed by atoms with van der Waals surface area (Å²) >= 11 is 0. The van der Waals surface area contributed by atoms with Crippen molar-refractivity contribution in [2.24, 2.45) is 5.73 Å². The van der Waals surface area contributed by atoms with E-state index in [0.29, 0.717) is 12.0 Å². The van der Waals surface area contributed by atoms with Gasteiger partial charge in [-0.15, -0.1) is 0 Å². The standard InChI is InChI=1S/C27H35N3O7S/c1-5-15-38(35,36)27(20-13-11-19(12-14-20)18-9-7-6-8-10-18)16-21(24(32)33)30(17-27)23(31)22(28)29-25(34)37-26(2,3)4/h6-14,21-22H,5,15-17,28H2,1-4H3,(H,29,34)(H,32,33)/t21-,22?,27-/m0/s1. The number of benzene rings is 2. The van der Waals surface area contributed by atoms with Crippen LogP contribution in [0.15, 0.2) is 54.6 Å². The van der Waals surface area contributed by atoms with Crippen LogP contribution in [0.3, 0.4) is 0 Å². The second-order valence-corrected chi connectivity index (χ2v) is 12.8. The van der Waals surface area contributed by atoms with E-state index in [9.17, 15) is 27.9 Å². The summed E-state index contributed by atoms with van der Waals surface area (Å²) in [5.74, 6) is -2.47. The third-order valence-corrected chi connectivity index (χ3v) is 9.09. The lowest BCUT2D eigenvalue weighted by Gasteiger charge is -2.30. The van der Waals surface area contributed by atoms with Crippen LogP contribution in [0.25, 0.3) is 11.1 Å². The summed E-state index contributed by atoms with van der Waals surface area (Å²) in [5, 5.41) is 12.2. The van der Waals surface area contributed by atoms with Crippen molar-refractivity contribution in [3.05, 3.63) is 60.2 Å². The Hall–Kier alpha value is -3.44. The molecular weight excluding hydrogens is 510 g/mol. The quantitative estimate of drug-likeness (QED) is 0.428. The minimum atomic E-state index is -3.92. The molecule has 1 heterocycles. The van der Waals surface area contributed by atoms with Crippen LogP contribution in [0, 0.1) is 0 Å². The number of carbonyl (C=O) groups is 3. The largest absolute Gasteiger partial charge is 0.480 e. The lowest BCUT2D eigenvalue weighted by molar-refractivity contribution is -0.148. The molecule has 38 heavy (non-hydrogen) atoms. The molecule has 1 fully saturated rings. The van der Waals surface area contributed by atoms with E-state index in [4.69, 9.17) is 10.5 Å². The highest BCUT2D eigenvalue weighted by Gasteiger charge is 2.57. The predicted octanol–water partition coefficient (Wildman–Crippen LogP) is 2.87. The molecule has 0 saturated carbocycles. The summed E-state index contributed by atoms with van der Waals surface area (Å²) in [6.45, 7) is 6.21. The lowest BCUT2D eigenvalue weighted by atomic mass is 9.93. The number of likely N-dealkylation sites (tertiary alicyclic amines) is 1. The number of nitrogens with zero attached hydrogens (tertiary/aromatic N) is 1. The number of hydrogen-bond acceptors (Lipinski definition) is 7. The van der Waals surface area contributed by atoms with Gasteiger partial charge < -0.3 is 20.5 Å². The van der Waals surface area contributed by atoms with E-state index in [1.165, 1.54) is 0 Å². The van der Waals surface area contributed by atoms with Crippen LogP contribution >= 0.6 is 0 Å². The van der Waals surface area contributed by atoms with Crippen LogP contribution in [0.4, 0.5) is 4.79 Å². The van der Waals surface area contributed by atoms with E-state index in [2.05, 4.69) is 5.32 Å². The fourth-order valence-corrected chi connectivity index (χ4v) is 6.85. The molecule has 0 spiro atoms. The minimum Gasteiger partial charge on any atom is -0.480 e. The van der Waals surface area contributed by atoms with E-state index in [1.807, 2.05) is 30.3 Å². The van der Waals surface area contributed by atoms with Gasteiger partial charge in [-0.25, -0.2) is 18.0 Å². The molecule has 0 aliphatic carbocycles. The first kappa shape index (κ1) is 29.1. The number of carboxylic acids is 1. The van der Waals surface area contributed by atoms with Crippen LogP contribution in [-0.4, -0.2) is 66.5 Å². The summed E-state index contributed by atoms with van der Waals surface area (Å²) in [4.78, 5) is 38.6. The third kappa shape index (κ3) is 6.16. The monoisotopic (exact) mass is 545 g/mol. The molecule has 0 radical (unpaired) electrons. The van der Waals surface area contributed by atoms with Gasteiger partial charge in [-0.3, -0.25) is 10.1 Å². The molecule has 1 saturated heterocycles. The molecule has 1 unspecified atom stereocenters. The molecule has 206 valence electrons. The highest BCUT2D eigenvalue weighted by Crippen LogP contribution is 2.44. The molecule has 0 bridgehead atoms. The lowest BCUT2D eigenvalue weighted by Crippen LogP contribution is -2.56. The number of ether oxygens (including phenoxy) is 1. The fourth-order valence-electron chi connectivity index (χ4n) is 4.67. The highest BCUT2D eigenvalue weighted by atomic mass is 32.2.